The average Bonchev–Trinajstić information content (AvgIpc) is 3.64. The lowest BCUT2D eigenvalue weighted by Gasteiger charge is -2.18. The van der Waals surface area contributed by atoms with Crippen LogP contribution in [0.2, 0.25) is 0 Å². The zero-order valence-corrected chi connectivity index (χ0v) is 20.7. The van der Waals surface area contributed by atoms with Gasteiger partial charge in [0.1, 0.15) is 12.2 Å². The predicted octanol–water partition coefficient (Wildman–Crippen LogP) is 5.01. The van der Waals surface area contributed by atoms with Crippen LogP contribution in [0.4, 0.5) is 5.69 Å². The molecule has 182 valence electrons. The van der Waals surface area contributed by atoms with Crippen LogP contribution in [0.3, 0.4) is 0 Å². The molecule has 0 atom stereocenters. The van der Waals surface area contributed by atoms with Gasteiger partial charge in [0.05, 0.1) is 23.6 Å². The van der Waals surface area contributed by atoms with E-state index in [2.05, 4.69) is 50.4 Å². The fraction of sp³-hybridized carbons (Fsp3) is 0.286. The van der Waals surface area contributed by atoms with Crippen molar-refractivity contribution in [2.24, 2.45) is 0 Å². The van der Waals surface area contributed by atoms with Gasteiger partial charge in [-0.25, -0.2) is 14.5 Å². The van der Waals surface area contributed by atoms with E-state index in [1.807, 2.05) is 43.5 Å². The minimum atomic E-state index is 0.584. The highest BCUT2D eigenvalue weighted by Crippen LogP contribution is 2.30. The van der Waals surface area contributed by atoms with Crippen LogP contribution in [-0.2, 0) is 13.1 Å². The predicted molar refractivity (Wildman–Crippen MR) is 142 cm³/mol. The van der Waals surface area contributed by atoms with Gasteiger partial charge in [0.2, 0.25) is 0 Å². The van der Waals surface area contributed by atoms with Gasteiger partial charge in [-0.3, -0.25) is 9.88 Å². The molecule has 1 aromatic carbocycles. The molecular weight excluding hydrogens is 448 g/mol. The summed E-state index contributed by atoms with van der Waals surface area (Å²) in [5, 5.41) is 7.96. The van der Waals surface area contributed by atoms with Gasteiger partial charge in [-0.1, -0.05) is 18.2 Å². The highest BCUT2D eigenvalue weighted by Gasteiger charge is 2.18. The lowest BCUT2D eigenvalue weighted by Crippen LogP contribution is -2.19. The first-order valence-electron chi connectivity index (χ1n) is 12.5. The summed E-state index contributed by atoms with van der Waals surface area (Å²) >= 11 is 0. The Hall–Kier alpha value is -4.04. The molecule has 1 aliphatic heterocycles. The number of nitrogens with zero attached hydrogens (tertiary/aromatic N) is 6. The van der Waals surface area contributed by atoms with E-state index in [0.29, 0.717) is 6.54 Å². The summed E-state index contributed by atoms with van der Waals surface area (Å²) in [7, 11) is 0. The minimum absolute atomic E-state index is 0.584. The van der Waals surface area contributed by atoms with Crippen molar-refractivity contribution in [3.63, 3.8) is 0 Å². The van der Waals surface area contributed by atoms with Crippen molar-refractivity contribution in [1.29, 1.82) is 0 Å². The van der Waals surface area contributed by atoms with E-state index in [1.165, 1.54) is 42.7 Å². The Labute approximate surface area is 210 Å². The van der Waals surface area contributed by atoms with Crippen LogP contribution in [-0.4, -0.2) is 47.5 Å². The Morgan fingerprint density at radius 2 is 1.89 bits per heavy atom. The van der Waals surface area contributed by atoms with E-state index in [0.717, 1.165) is 46.4 Å². The largest absolute Gasteiger partial charge is 0.378 e. The number of pyridine rings is 2. The van der Waals surface area contributed by atoms with E-state index in [-0.39, 0.29) is 0 Å². The van der Waals surface area contributed by atoms with Crippen molar-refractivity contribution in [2.45, 2.75) is 39.8 Å². The summed E-state index contributed by atoms with van der Waals surface area (Å²) in [5.74, 6) is 0.857. The van der Waals surface area contributed by atoms with Crippen molar-refractivity contribution in [3.05, 3.63) is 83.7 Å². The standard InChI is InChI=1S/C28H30N8/c1-19-8-9-21(16-35-12-3-4-13-35)24(14-19)29-15-25-33-27(22-10-11-26-30-18-31-36(26)17-22)28(34-25)23-7-5-6-20(2)32-23/h5-11,14,17-18,29H,3-4,12-13,15-16H2,1-2H3,(H,33,34). The van der Waals surface area contributed by atoms with Crippen molar-refractivity contribution in [3.8, 4) is 22.6 Å². The van der Waals surface area contributed by atoms with E-state index in [9.17, 15) is 0 Å². The summed E-state index contributed by atoms with van der Waals surface area (Å²) < 4.78 is 1.77. The number of rotatable bonds is 7. The lowest BCUT2D eigenvalue weighted by molar-refractivity contribution is 0.332. The molecule has 0 saturated carbocycles. The Morgan fingerprint density at radius 1 is 1.00 bits per heavy atom. The summed E-state index contributed by atoms with van der Waals surface area (Å²) in [5.41, 5.74) is 9.08. The Bertz CT molecular complexity index is 1510. The zero-order chi connectivity index (χ0) is 24.5. The van der Waals surface area contributed by atoms with Crippen LogP contribution in [0.25, 0.3) is 28.3 Å². The molecule has 0 bridgehead atoms. The van der Waals surface area contributed by atoms with Gasteiger partial charge < -0.3 is 10.3 Å². The first-order valence-corrected chi connectivity index (χ1v) is 12.5. The number of benzene rings is 1. The second kappa shape index (κ2) is 9.54. The first kappa shape index (κ1) is 22.4. The molecule has 4 aromatic heterocycles. The molecule has 0 amide bonds. The van der Waals surface area contributed by atoms with E-state index in [4.69, 9.17) is 9.97 Å². The number of hydrogen-bond donors (Lipinski definition) is 2. The average molecular weight is 479 g/mol. The highest BCUT2D eigenvalue weighted by molar-refractivity contribution is 5.77. The molecule has 5 heterocycles. The third kappa shape index (κ3) is 4.59. The SMILES string of the molecule is Cc1ccc(CN2CCCC2)c(NCc2nc(-c3ccc4ncnn4c3)c(-c3cccc(C)n3)[nH]2)c1. The molecule has 0 spiro atoms. The smallest absolute Gasteiger partial charge is 0.155 e. The minimum Gasteiger partial charge on any atom is -0.378 e. The number of fused-ring (bicyclic) bond motifs is 1. The number of H-pyrrole nitrogens is 1. The molecule has 1 saturated heterocycles. The quantitative estimate of drug-likeness (QED) is 0.342. The lowest BCUT2D eigenvalue weighted by atomic mass is 10.1. The molecule has 8 nitrogen and oxygen atoms in total. The molecule has 5 aromatic rings. The monoisotopic (exact) mass is 478 g/mol. The number of likely N-dealkylation sites (tertiary alicyclic amines) is 1. The third-order valence-corrected chi connectivity index (χ3v) is 6.75. The number of imidazole rings is 1. The van der Waals surface area contributed by atoms with E-state index < -0.39 is 0 Å². The van der Waals surface area contributed by atoms with Gasteiger partial charge in [0.15, 0.2) is 5.65 Å². The van der Waals surface area contributed by atoms with Crippen LogP contribution >= 0.6 is 0 Å². The summed E-state index contributed by atoms with van der Waals surface area (Å²) in [6.45, 7) is 8.06. The maximum absolute atomic E-state index is 5.02. The first-order chi connectivity index (χ1) is 17.6. The normalized spacial score (nSPS) is 14.1. The van der Waals surface area contributed by atoms with Crippen LogP contribution in [0, 0.1) is 13.8 Å². The van der Waals surface area contributed by atoms with Crippen molar-refractivity contribution in [1.82, 2.24) is 34.4 Å². The fourth-order valence-electron chi connectivity index (χ4n) is 4.89. The van der Waals surface area contributed by atoms with Crippen LogP contribution in [0.15, 0.2) is 61.1 Å². The fourth-order valence-corrected chi connectivity index (χ4v) is 4.89. The number of anilines is 1. The Kier molecular flexibility index (Phi) is 5.95. The summed E-state index contributed by atoms with van der Waals surface area (Å²) in [6.07, 6.45) is 6.10. The van der Waals surface area contributed by atoms with Gasteiger partial charge in [0, 0.05) is 29.7 Å². The van der Waals surface area contributed by atoms with Gasteiger partial charge in [0.25, 0.3) is 0 Å². The molecule has 0 unspecified atom stereocenters. The highest BCUT2D eigenvalue weighted by atomic mass is 15.3. The third-order valence-electron chi connectivity index (χ3n) is 6.75. The van der Waals surface area contributed by atoms with Crippen molar-refractivity contribution < 1.29 is 0 Å². The molecular formula is C28H30N8. The molecule has 6 rings (SSSR count). The number of hydrogen-bond acceptors (Lipinski definition) is 6. The topological polar surface area (TPSA) is 87.0 Å². The van der Waals surface area contributed by atoms with Gasteiger partial charge in [-0.05, 0) is 81.2 Å². The molecule has 0 radical (unpaired) electrons. The maximum Gasteiger partial charge on any atom is 0.155 e. The molecule has 0 aliphatic carbocycles. The molecule has 8 heteroatoms. The summed E-state index contributed by atoms with van der Waals surface area (Å²) in [4.78, 5) is 20.1. The summed E-state index contributed by atoms with van der Waals surface area (Å²) in [6, 6.07) is 16.7. The van der Waals surface area contributed by atoms with Crippen LogP contribution in [0.1, 0.15) is 35.5 Å². The molecule has 1 aliphatic rings. The van der Waals surface area contributed by atoms with Crippen LogP contribution in [0.5, 0.6) is 0 Å². The van der Waals surface area contributed by atoms with Gasteiger partial charge >= 0.3 is 0 Å². The molecule has 2 N–H and O–H groups in total. The second-order valence-corrected chi connectivity index (χ2v) is 9.55. The second-order valence-electron chi connectivity index (χ2n) is 9.55. The van der Waals surface area contributed by atoms with Gasteiger partial charge in [-0.15, -0.1) is 0 Å². The van der Waals surface area contributed by atoms with E-state index in [1.54, 1.807) is 10.8 Å². The van der Waals surface area contributed by atoms with E-state index >= 15 is 0 Å². The van der Waals surface area contributed by atoms with Crippen molar-refractivity contribution >= 4 is 11.3 Å². The Morgan fingerprint density at radius 3 is 2.75 bits per heavy atom. The number of nitrogens with one attached hydrogen (secondary N) is 2. The van der Waals surface area contributed by atoms with Crippen molar-refractivity contribution in [2.75, 3.05) is 18.4 Å². The number of aryl methyl sites for hydroxylation is 2. The molecule has 36 heavy (non-hydrogen) atoms. The van der Waals surface area contributed by atoms with Gasteiger partial charge in [-0.2, -0.15) is 5.10 Å². The molecule has 1 fully saturated rings. The Balaban J connectivity index is 1.33. The maximum atomic E-state index is 5.02. The number of aromatic amines is 1. The zero-order valence-electron chi connectivity index (χ0n) is 20.7. The number of aromatic nitrogens is 6. The van der Waals surface area contributed by atoms with Crippen LogP contribution < -0.4 is 5.32 Å².